The van der Waals surface area contributed by atoms with Crippen molar-refractivity contribution in [3.05, 3.63) is 69.8 Å². The van der Waals surface area contributed by atoms with Gasteiger partial charge >= 0.3 is 0 Å². The van der Waals surface area contributed by atoms with E-state index in [0.29, 0.717) is 17.3 Å². The van der Waals surface area contributed by atoms with E-state index in [1.807, 2.05) is 0 Å². The minimum absolute atomic E-state index is 0.0900. The lowest BCUT2D eigenvalue weighted by Gasteiger charge is -2.18. The molecule has 0 spiro atoms. The van der Waals surface area contributed by atoms with Crippen LogP contribution in [0.2, 0.25) is 0 Å². The van der Waals surface area contributed by atoms with Crippen LogP contribution in [0, 0.1) is 12.4 Å². The van der Waals surface area contributed by atoms with Gasteiger partial charge in [-0.25, -0.2) is 14.2 Å². The zero-order chi connectivity index (χ0) is 19.0. The summed E-state index contributed by atoms with van der Waals surface area (Å²) in [6, 6.07) is 9.76. The normalized spacial score (nSPS) is 16.4. The zero-order valence-corrected chi connectivity index (χ0v) is 14.7. The molecule has 7 heteroatoms. The molecule has 1 atom stereocenters. The van der Waals surface area contributed by atoms with Crippen LogP contribution < -0.4 is 15.6 Å². The quantitative estimate of drug-likeness (QED) is 0.723. The molecule has 1 aliphatic rings. The highest BCUT2D eigenvalue weighted by molar-refractivity contribution is 5.83. The van der Waals surface area contributed by atoms with Crippen molar-refractivity contribution < 1.29 is 9.13 Å². The third-order valence-corrected chi connectivity index (χ3v) is 4.80. The van der Waals surface area contributed by atoms with Gasteiger partial charge in [0.05, 0.1) is 36.3 Å². The molecule has 1 aliphatic heterocycles. The molecule has 3 aromatic rings. The molecular formula is C20H17FN4O2. The molecule has 0 aliphatic carbocycles. The lowest BCUT2D eigenvalue weighted by Crippen LogP contribution is -2.29. The van der Waals surface area contributed by atoms with E-state index in [9.17, 15) is 9.18 Å². The molecular weight excluding hydrogens is 347 g/mol. The van der Waals surface area contributed by atoms with Gasteiger partial charge in [-0.15, -0.1) is 0 Å². The lowest BCUT2D eigenvalue weighted by atomic mass is 10.1. The van der Waals surface area contributed by atoms with E-state index in [1.54, 1.807) is 31.4 Å². The number of nitrogens with zero attached hydrogens (tertiary/aromatic N) is 3. The smallest absolute Gasteiger partial charge is 0.267 e. The first-order chi connectivity index (χ1) is 13.1. The maximum Gasteiger partial charge on any atom is 0.267 e. The Morgan fingerprint density at radius 2 is 2.07 bits per heavy atom. The fourth-order valence-electron chi connectivity index (χ4n) is 3.45. The van der Waals surface area contributed by atoms with E-state index in [2.05, 4.69) is 15.1 Å². The predicted molar refractivity (Wildman–Crippen MR) is 100 cm³/mol. The van der Waals surface area contributed by atoms with Gasteiger partial charge in [-0.1, -0.05) is 6.07 Å². The third-order valence-electron chi connectivity index (χ3n) is 4.80. The molecule has 2 heterocycles. The molecule has 0 radical (unpaired) electrons. The molecule has 0 bridgehead atoms. The minimum atomic E-state index is -0.826. The fraction of sp³-hybridized carbons (Fsp3) is 0.250. The van der Waals surface area contributed by atoms with Crippen LogP contribution in [0.5, 0.6) is 5.75 Å². The second kappa shape index (κ2) is 6.82. The molecule has 136 valence electrons. The Kier molecular flexibility index (Phi) is 4.34. The number of methoxy groups -OCH3 is 1. The van der Waals surface area contributed by atoms with E-state index >= 15 is 0 Å². The van der Waals surface area contributed by atoms with Crippen LogP contribution in [-0.2, 0) is 0 Å². The fourth-order valence-corrected chi connectivity index (χ4v) is 3.45. The van der Waals surface area contributed by atoms with Gasteiger partial charge in [0.1, 0.15) is 17.4 Å². The van der Waals surface area contributed by atoms with Gasteiger partial charge in [0, 0.05) is 0 Å². The van der Waals surface area contributed by atoms with Crippen LogP contribution in [0.25, 0.3) is 21.4 Å². The highest BCUT2D eigenvalue weighted by Crippen LogP contribution is 2.28. The number of halogens is 1. The average Bonchev–Trinajstić information content (AvgIpc) is 3.23. The standard InChI is InChI=1S/C20H17FN4O2/c1-22-15-10-9-14-17(18(15)21)20(26)25(12-5-7-13(27-2)8-6-12)19(24-14)16-4-3-11-23-16/h5-10,16,23H,3-4,11H2,2H3/t16-/m1/s1. The Morgan fingerprint density at radius 3 is 2.70 bits per heavy atom. The number of ether oxygens (including phenoxy) is 1. The molecule has 1 fully saturated rings. The molecule has 0 saturated carbocycles. The van der Waals surface area contributed by atoms with Crippen molar-refractivity contribution in [1.29, 1.82) is 0 Å². The number of hydrogen-bond donors (Lipinski definition) is 1. The maximum absolute atomic E-state index is 14.8. The summed E-state index contributed by atoms with van der Waals surface area (Å²) in [5.41, 5.74) is 0.135. The van der Waals surface area contributed by atoms with Crippen molar-refractivity contribution in [3.63, 3.8) is 0 Å². The Hall–Kier alpha value is -3.24. The number of nitrogens with one attached hydrogen (secondary N) is 1. The van der Waals surface area contributed by atoms with Crippen molar-refractivity contribution in [1.82, 2.24) is 14.9 Å². The van der Waals surface area contributed by atoms with E-state index < -0.39 is 11.4 Å². The Balaban J connectivity index is 2.04. The summed E-state index contributed by atoms with van der Waals surface area (Å²) in [5, 5.41) is 3.18. The van der Waals surface area contributed by atoms with E-state index in [1.165, 1.54) is 16.7 Å². The number of fused-ring (bicyclic) bond motifs is 1. The Bertz CT molecular complexity index is 1110. The summed E-state index contributed by atoms with van der Waals surface area (Å²) in [5.74, 6) is 0.376. The number of rotatable bonds is 3. The molecule has 2 aromatic carbocycles. The zero-order valence-electron chi connectivity index (χ0n) is 14.7. The molecule has 1 aromatic heterocycles. The van der Waals surface area contributed by atoms with Crippen LogP contribution >= 0.6 is 0 Å². The van der Waals surface area contributed by atoms with Gasteiger partial charge in [-0.2, -0.15) is 0 Å². The van der Waals surface area contributed by atoms with Gasteiger partial charge in [0.25, 0.3) is 5.56 Å². The van der Waals surface area contributed by atoms with E-state index in [4.69, 9.17) is 11.3 Å². The molecule has 1 N–H and O–H groups in total. The summed E-state index contributed by atoms with van der Waals surface area (Å²) < 4.78 is 21.4. The Morgan fingerprint density at radius 1 is 1.30 bits per heavy atom. The monoisotopic (exact) mass is 364 g/mol. The van der Waals surface area contributed by atoms with Crippen LogP contribution in [0.3, 0.4) is 0 Å². The van der Waals surface area contributed by atoms with Crippen LogP contribution in [-0.4, -0.2) is 23.2 Å². The summed E-state index contributed by atoms with van der Waals surface area (Å²) in [6.45, 7) is 7.94. The molecule has 6 nitrogen and oxygen atoms in total. The predicted octanol–water partition coefficient (Wildman–Crippen LogP) is 3.51. The third kappa shape index (κ3) is 2.84. The molecule has 0 unspecified atom stereocenters. The van der Waals surface area contributed by atoms with Gasteiger partial charge in [0.2, 0.25) is 5.69 Å². The SMILES string of the molecule is [C-]#[N+]c1ccc2nc([C@H]3CCCN3)n(-c3ccc(OC)cc3)c(=O)c2c1F. The van der Waals surface area contributed by atoms with Gasteiger partial charge in [0.15, 0.2) is 0 Å². The first-order valence-electron chi connectivity index (χ1n) is 8.64. The summed E-state index contributed by atoms with van der Waals surface area (Å²) >= 11 is 0. The first-order valence-corrected chi connectivity index (χ1v) is 8.64. The number of aromatic nitrogens is 2. The van der Waals surface area contributed by atoms with Crippen molar-refractivity contribution in [2.24, 2.45) is 0 Å². The average molecular weight is 364 g/mol. The summed E-state index contributed by atoms with van der Waals surface area (Å²) in [4.78, 5) is 21.0. The second-order valence-corrected chi connectivity index (χ2v) is 6.36. The van der Waals surface area contributed by atoms with E-state index in [0.717, 1.165) is 19.4 Å². The van der Waals surface area contributed by atoms with Crippen molar-refractivity contribution >= 4 is 16.6 Å². The van der Waals surface area contributed by atoms with Gasteiger partial charge in [-0.3, -0.25) is 9.36 Å². The first kappa shape index (κ1) is 17.2. The Labute approximate surface area is 155 Å². The van der Waals surface area contributed by atoms with Crippen molar-refractivity contribution in [2.45, 2.75) is 18.9 Å². The van der Waals surface area contributed by atoms with Gasteiger partial charge in [-0.05, 0) is 49.7 Å². The summed E-state index contributed by atoms with van der Waals surface area (Å²) in [7, 11) is 1.56. The van der Waals surface area contributed by atoms with Crippen molar-refractivity contribution in [3.8, 4) is 11.4 Å². The minimum Gasteiger partial charge on any atom is -0.497 e. The van der Waals surface area contributed by atoms with Gasteiger partial charge < -0.3 is 10.1 Å². The van der Waals surface area contributed by atoms with Crippen LogP contribution in [0.1, 0.15) is 24.7 Å². The lowest BCUT2D eigenvalue weighted by molar-refractivity contribution is 0.414. The molecule has 4 rings (SSSR count). The highest BCUT2D eigenvalue weighted by Gasteiger charge is 2.25. The van der Waals surface area contributed by atoms with Crippen LogP contribution in [0.4, 0.5) is 10.1 Å². The largest absolute Gasteiger partial charge is 0.497 e. The topological polar surface area (TPSA) is 60.5 Å². The molecule has 1 saturated heterocycles. The number of hydrogen-bond acceptors (Lipinski definition) is 4. The van der Waals surface area contributed by atoms with Crippen molar-refractivity contribution in [2.75, 3.05) is 13.7 Å². The molecule has 27 heavy (non-hydrogen) atoms. The number of benzene rings is 2. The maximum atomic E-state index is 14.8. The summed E-state index contributed by atoms with van der Waals surface area (Å²) in [6.07, 6.45) is 1.82. The highest BCUT2D eigenvalue weighted by atomic mass is 19.1. The second-order valence-electron chi connectivity index (χ2n) is 6.36. The van der Waals surface area contributed by atoms with Crippen LogP contribution in [0.15, 0.2) is 41.2 Å². The van der Waals surface area contributed by atoms with E-state index in [-0.39, 0.29) is 22.6 Å². The molecule has 0 amide bonds.